The third-order valence-electron chi connectivity index (χ3n) is 2.56. The molecule has 0 amide bonds. The lowest BCUT2D eigenvalue weighted by molar-refractivity contribution is -0.132. The van der Waals surface area contributed by atoms with Gasteiger partial charge in [0, 0.05) is 12.1 Å². The van der Waals surface area contributed by atoms with E-state index in [1.807, 2.05) is 0 Å². The van der Waals surface area contributed by atoms with E-state index >= 15 is 0 Å². The van der Waals surface area contributed by atoms with Crippen LogP contribution in [0.2, 0.25) is 0 Å². The lowest BCUT2D eigenvalue weighted by Crippen LogP contribution is -2.17. The summed E-state index contributed by atoms with van der Waals surface area (Å²) in [6.45, 7) is 5.14. The summed E-state index contributed by atoms with van der Waals surface area (Å²) in [5.74, 6) is -0.856. The van der Waals surface area contributed by atoms with Crippen molar-refractivity contribution in [2.45, 2.75) is 20.3 Å². The lowest BCUT2D eigenvalue weighted by Gasteiger charge is -2.03. The summed E-state index contributed by atoms with van der Waals surface area (Å²) in [7, 11) is 0. The molecule has 0 aromatic heterocycles. The maximum absolute atomic E-state index is 10.5. The van der Waals surface area contributed by atoms with Crippen LogP contribution < -0.4 is 5.32 Å². The molecular formula is C14H19NO2. The molecule has 2 N–H and O–H groups in total. The molecule has 0 spiro atoms. The molecule has 0 aliphatic rings. The van der Waals surface area contributed by atoms with Crippen molar-refractivity contribution in [3.05, 3.63) is 47.0 Å². The van der Waals surface area contributed by atoms with Gasteiger partial charge in [-0.2, -0.15) is 0 Å². The van der Waals surface area contributed by atoms with Gasteiger partial charge in [0.15, 0.2) is 0 Å². The van der Waals surface area contributed by atoms with Crippen LogP contribution >= 0.6 is 0 Å². The zero-order valence-corrected chi connectivity index (χ0v) is 10.4. The molecule has 17 heavy (non-hydrogen) atoms. The van der Waals surface area contributed by atoms with E-state index < -0.39 is 5.97 Å². The molecule has 0 saturated carbocycles. The Morgan fingerprint density at radius 2 is 2.24 bits per heavy atom. The number of hydrogen-bond donors (Lipinski definition) is 2. The minimum atomic E-state index is -0.856. The van der Waals surface area contributed by atoms with Gasteiger partial charge in [-0.3, -0.25) is 0 Å². The Morgan fingerprint density at radius 3 is 2.88 bits per heavy atom. The van der Waals surface area contributed by atoms with E-state index in [4.69, 9.17) is 5.11 Å². The number of rotatable bonds is 6. The number of hydrogen-bond acceptors (Lipinski definition) is 2. The molecule has 0 radical (unpaired) electrons. The van der Waals surface area contributed by atoms with Crippen LogP contribution in [0.25, 0.3) is 0 Å². The second kappa shape index (κ2) is 6.86. The zero-order valence-electron chi connectivity index (χ0n) is 10.4. The van der Waals surface area contributed by atoms with Gasteiger partial charge in [-0.05, 0) is 32.4 Å². The standard InChI is InChI=1S/C14H19NO2/c1-11-4-3-5-13(10-11)7-9-15-8-6-12(2)14(16)17/h3-6,10,15H,7-9H2,1-2H3,(H,16,17)/b12-6-. The normalized spacial score (nSPS) is 11.5. The van der Waals surface area contributed by atoms with Gasteiger partial charge in [-0.15, -0.1) is 0 Å². The molecule has 1 aromatic carbocycles. The van der Waals surface area contributed by atoms with E-state index in [0.717, 1.165) is 13.0 Å². The van der Waals surface area contributed by atoms with Crippen molar-refractivity contribution in [3.8, 4) is 0 Å². The summed E-state index contributed by atoms with van der Waals surface area (Å²) in [5, 5.41) is 11.9. The predicted molar refractivity (Wildman–Crippen MR) is 69.1 cm³/mol. The van der Waals surface area contributed by atoms with Crippen molar-refractivity contribution < 1.29 is 9.90 Å². The van der Waals surface area contributed by atoms with E-state index in [9.17, 15) is 4.79 Å². The molecule has 0 saturated heterocycles. The van der Waals surface area contributed by atoms with Crippen molar-refractivity contribution >= 4 is 5.97 Å². The number of carboxylic acids is 1. The van der Waals surface area contributed by atoms with Crippen LogP contribution in [0.15, 0.2) is 35.9 Å². The predicted octanol–water partition coefficient (Wildman–Crippen LogP) is 2.16. The first-order valence-electron chi connectivity index (χ1n) is 5.76. The van der Waals surface area contributed by atoms with E-state index in [0.29, 0.717) is 12.1 Å². The number of carboxylic acid groups (broad SMARTS) is 1. The summed E-state index contributed by atoms with van der Waals surface area (Å²) in [5.41, 5.74) is 2.95. The third kappa shape index (κ3) is 5.31. The monoisotopic (exact) mass is 233 g/mol. The molecular weight excluding hydrogens is 214 g/mol. The van der Waals surface area contributed by atoms with Gasteiger partial charge in [0.2, 0.25) is 0 Å². The molecule has 0 aliphatic heterocycles. The number of aryl methyl sites for hydroxylation is 1. The van der Waals surface area contributed by atoms with Crippen LogP contribution in [0.4, 0.5) is 0 Å². The number of benzene rings is 1. The minimum Gasteiger partial charge on any atom is -0.478 e. The lowest BCUT2D eigenvalue weighted by atomic mass is 10.1. The molecule has 3 heteroatoms. The second-order valence-electron chi connectivity index (χ2n) is 4.14. The average Bonchev–Trinajstić information content (AvgIpc) is 2.28. The Hall–Kier alpha value is -1.61. The van der Waals surface area contributed by atoms with Gasteiger partial charge in [-0.25, -0.2) is 4.79 Å². The van der Waals surface area contributed by atoms with Crippen LogP contribution in [0.5, 0.6) is 0 Å². The summed E-state index contributed by atoms with van der Waals surface area (Å²) in [6.07, 6.45) is 2.65. The first-order valence-corrected chi connectivity index (χ1v) is 5.76. The maximum atomic E-state index is 10.5. The molecule has 0 atom stereocenters. The van der Waals surface area contributed by atoms with Crippen LogP contribution in [0.3, 0.4) is 0 Å². The highest BCUT2D eigenvalue weighted by Gasteiger charge is 1.97. The quantitative estimate of drug-likeness (QED) is 0.584. The van der Waals surface area contributed by atoms with E-state index in [2.05, 4.69) is 36.5 Å². The summed E-state index contributed by atoms with van der Waals surface area (Å²) in [4.78, 5) is 10.5. The second-order valence-corrected chi connectivity index (χ2v) is 4.14. The van der Waals surface area contributed by atoms with Crippen molar-refractivity contribution in [2.75, 3.05) is 13.1 Å². The first-order chi connectivity index (χ1) is 8.09. The fourth-order valence-electron chi connectivity index (χ4n) is 1.52. The van der Waals surface area contributed by atoms with Crippen molar-refractivity contribution in [3.63, 3.8) is 0 Å². The summed E-state index contributed by atoms with van der Waals surface area (Å²) >= 11 is 0. The molecule has 0 bridgehead atoms. The molecule has 92 valence electrons. The van der Waals surface area contributed by atoms with Crippen LogP contribution in [-0.4, -0.2) is 24.2 Å². The number of nitrogens with one attached hydrogen (secondary N) is 1. The van der Waals surface area contributed by atoms with Gasteiger partial charge in [0.1, 0.15) is 0 Å². The largest absolute Gasteiger partial charge is 0.478 e. The number of aliphatic carboxylic acids is 1. The molecule has 0 fully saturated rings. The van der Waals surface area contributed by atoms with Gasteiger partial charge >= 0.3 is 5.97 Å². The molecule has 1 rings (SSSR count). The Bertz CT molecular complexity index is 410. The SMILES string of the molecule is C/C(=C/CNCCc1cccc(C)c1)C(=O)O. The zero-order chi connectivity index (χ0) is 12.7. The van der Waals surface area contributed by atoms with Crippen molar-refractivity contribution in [2.24, 2.45) is 0 Å². The first kappa shape index (κ1) is 13.5. The van der Waals surface area contributed by atoms with E-state index in [-0.39, 0.29) is 0 Å². The Kier molecular flexibility index (Phi) is 5.43. The summed E-state index contributed by atoms with van der Waals surface area (Å²) < 4.78 is 0. The maximum Gasteiger partial charge on any atom is 0.330 e. The summed E-state index contributed by atoms with van der Waals surface area (Å²) in [6, 6.07) is 8.40. The topological polar surface area (TPSA) is 49.3 Å². The highest BCUT2D eigenvalue weighted by atomic mass is 16.4. The number of carbonyl (C=O) groups is 1. The molecule has 1 aromatic rings. The van der Waals surface area contributed by atoms with Crippen LogP contribution in [0.1, 0.15) is 18.1 Å². The van der Waals surface area contributed by atoms with Gasteiger partial charge in [0.05, 0.1) is 0 Å². The van der Waals surface area contributed by atoms with Crippen LogP contribution in [0, 0.1) is 6.92 Å². The Labute approximate surface area is 102 Å². The fourth-order valence-corrected chi connectivity index (χ4v) is 1.52. The average molecular weight is 233 g/mol. The van der Waals surface area contributed by atoms with Crippen molar-refractivity contribution in [1.82, 2.24) is 5.32 Å². The van der Waals surface area contributed by atoms with Gasteiger partial charge in [-0.1, -0.05) is 35.9 Å². The highest BCUT2D eigenvalue weighted by Crippen LogP contribution is 2.03. The molecule has 3 nitrogen and oxygen atoms in total. The molecule has 0 aliphatic carbocycles. The highest BCUT2D eigenvalue weighted by molar-refractivity contribution is 5.85. The fraction of sp³-hybridized carbons (Fsp3) is 0.357. The van der Waals surface area contributed by atoms with Gasteiger partial charge in [0.25, 0.3) is 0 Å². The minimum absolute atomic E-state index is 0.382. The van der Waals surface area contributed by atoms with E-state index in [1.54, 1.807) is 13.0 Å². The smallest absolute Gasteiger partial charge is 0.330 e. The van der Waals surface area contributed by atoms with Crippen LogP contribution in [-0.2, 0) is 11.2 Å². The van der Waals surface area contributed by atoms with Gasteiger partial charge < -0.3 is 10.4 Å². The third-order valence-corrected chi connectivity index (χ3v) is 2.56. The molecule has 0 unspecified atom stereocenters. The molecule has 0 heterocycles. The Balaban J connectivity index is 2.25. The van der Waals surface area contributed by atoms with Crippen molar-refractivity contribution in [1.29, 1.82) is 0 Å². The van der Waals surface area contributed by atoms with E-state index in [1.165, 1.54) is 11.1 Å². The Morgan fingerprint density at radius 1 is 1.47 bits per heavy atom.